The number of hydrogen-bond acceptors (Lipinski definition) is 7. The molecule has 0 saturated heterocycles. The first-order valence-electron chi connectivity index (χ1n) is 11.0. The van der Waals surface area contributed by atoms with E-state index in [-0.39, 0.29) is 11.4 Å². The summed E-state index contributed by atoms with van der Waals surface area (Å²) in [4.78, 5) is 13.9. The van der Waals surface area contributed by atoms with Crippen LogP contribution in [-0.4, -0.2) is 36.8 Å². The van der Waals surface area contributed by atoms with Gasteiger partial charge < -0.3 is 11.1 Å². The first-order valence-corrected chi connectivity index (χ1v) is 11.0. The highest BCUT2D eigenvalue weighted by atomic mass is 19.4. The largest absolute Gasteiger partial charge is 0.434 e. The van der Waals surface area contributed by atoms with Crippen LogP contribution in [0, 0.1) is 6.92 Å². The fourth-order valence-electron chi connectivity index (χ4n) is 3.55. The second-order valence-corrected chi connectivity index (χ2v) is 7.83. The maximum absolute atomic E-state index is 14.1. The number of halogens is 3. The van der Waals surface area contributed by atoms with E-state index in [0.717, 1.165) is 18.3 Å². The summed E-state index contributed by atoms with van der Waals surface area (Å²) in [6, 6.07) is 9.77. The molecule has 0 radical (unpaired) electrons. The maximum atomic E-state index is 14.1. The summed E-state index contributed by atoms with van der Waals surface area (Å²) in [5.41, 5.74) is 6.54. The fraction of sp³-hybridized carbons (Fsp3) is 0.160. The molecule has 3 N–H and O–H groups in total. The summed E-state index contributed by atoms with van der Waals surface area (Å²) in [6.07, 6.45) is 1.42. The van der Waals surface area contributed by atoms with Crippen molar-refractivity contribution in [2.45, 2.75) is 26.4 Å². The number of benzene rings is 1. The molecule has 0 aliphatic rings. The van der Waals surface area contributed by atoms with E-state index in [1.165, 1.54) is 17.1 Å². The zero-order chi connectivity index (χ0) is 25.9. The molecule has 8 nitrogen and oxygen atoms in total. The van der Waals surface area contributed by atoms with E-state index in [0.29, 0.717) is 28.0 Å². The van der Waals surface area contributed by atoms with E-state index < -0.39 is 17.5 Å². The van der Waals surface area contributed by atoms with Crippen molar-refractivity contribution in [2.75, 3.05) is 5.32 Å². The molecule has 3 heterocycles. The third-order valence-electron chi connectivity index (χ3n) is 5.31. The Hall–Kier alpha value is -4.54. The van der Waals surface area contributed by atoms with Gasteiger partial charge in [-0.05, 0) is 49.2 Å². The molecule has 0 amide bonds. The summed E-state index contributed by atoms with van der Waals surface area (Å²) < 4.78 is 42.4. The molecule has 0 fully saturated rings. The van der Waals surface area contributed by atoms with Gasteiger partial charge in [-0.3, -0.25) is 4.98 Å². The van der Waals surface area contributed by atoms with Gasteiger partial charge >= 0.3 is 6.18 Å². The quantitative estimate of drug-likeness (QED) is 0.272. The average Bonchev–Trinajstić information content (AvgIpc) is 3.32. The van der Waals surface area contributed by atoms with Gasteiger partial charge in [-0.2, -0.15) is 23.4 Å². The number of aryl methyl sites for hydroxylation is 2. The Bertz CT molecular complexity index is 1480. The van der Waals surface area contributed by atoms with Crippen LogP contribution in [0.2, 0.25) is 0 Å². The van der Waals surface area contributed by atoms with Crippen molar-refractivity contribution in [3.8, 4) is 5.82 Å². The molecule has 0 bridgehead atoms. The van der Waals surface area contributed by atoms with Crippen molar-refractivity contribution in [1.29, 1.82) is 0 Å². The number of anilines is 1. The van der Waals surface area contributed by atoms with Gasteiger partial charge in [-0.1, -0.05) is 19.6 Å². The van der Waals surface area contributed by atoms with E-state index in [1.807, 2.05) is 6.92 Å². The maximum Gasteiger partial charge on any atom is 0.434 e. The lowest BCUT2D eigenvalue weighted by Crippen LogP contribution is -2.27. The van der Waals surface area contributed by atoms with Crippen LogP contribution < -0.4 is 11.1 Å². The number of fused-ring (bicyclic) bond motifs is 1. The van der Waals surface area contributed by atoms with E-state index in [9.17, 15) is 13.2 Å². The lowest BCUT2D eigenvalue weighted by molar-refractivity contribution is -0.0580. The van der Waals surface area contributed by atoms with Gasteiger partial charge in [0.2, 0.25) is 0 Å². The molecule has 0 spiro atoms. The molecule has 3 aromatic heterocycles. The molecule has 0 aliphatic carbocycles. The van der Waals surface area contributed by atoms with Crippen molar-refractivity contribution in [1.82, 2.24) is 25.0 Å². The molecule has 0 saturated carbocycles. The first-order chi connectivity index (χ1) is 17.2. The fourth-order valence-corrected chi connectivity index (χ4v) is 3.55. The van der Waals surface area contributed by atoms with Crippen LogP contribution >= 0.6 is 0 Å². The van der Waals surface area contributed by atoms with Crippen LogP contribution in [0.5, 0.6) is 0 Å². The Morgan fingerprint density at radius 3 is 2.67 bits per heavy atom. The van der Waals surface area contributed by atoms with Crippen molar-refractivity contribution >= 4 is 28.0 Å². The molecule has 1 aromatic carbocycles. The summed E-state index contributed by atoms with van der Waals surface area (Å²) in [5.74, 6) is 0.502. The Morgan fingerprint density at radius 1 is 1.19 bits per heavy atom. The summed E-state index contributed by atoms with van der Waals surface area (Å²) in [7, 11) is 0. The minimum absolute atomic E-state index is 0.0913. The van der Waals surface area contributed by atoms with E-state index in [2.05, 4.69) is 37.1 Å². The Labute approximate surface area is 205 Å². The Balaban J connectivity index is 1.65. The molecule has 0 aliphatic heterocycles. The standard InChI is InChI=1S/C25H23F3N8/c1-4-17-14-32-36(35-17)24-15(2)11-18(13-31-24)33-16(3)20(12-29)23(25(26,27)28)34-22-9-5-8-21-19(22)7-6-10-30-21/h5-14,33H,3-4,29H2,1-2H3. The molecule has 184 valence electrons. The van der Waals surface area contributed by atoms with E-state index in [1.54, 1.807) is 49.6 Å². The number of nitrogens with one attached hydrogen (secondary N) is 1. The SMILES string of the molecule is C=C(Nc1cnc(-n2ncc(CC)n2)c(C)c1)C(=CN)C(=Nc1cccc2ncccc12)C(F)(F)F. The predicted molar refractivity (Wildman–Crippen MR) is 133 cm³/mol. The van der Waals surface area contributed by atoms with E-state index >= 15 is 0 Å². The van der Waals surface area contributed by atoms with Gasteiger partial charge in [0.05, 0.1) is 35.0 Å². The summed E-state index contributed by atoms with van der Waals surface area (Å²) >= 11 is 0. The van der Waals surface area contributed by atoms with Gasteiger partial charge in [0, 0.05) is 29.1 Å². The number of nitrogens with two attached hydrogens (primary N) is 1. The number of hydrogen-bond donors (Lipinski definition) is 2. The van der Waals surface area contributed by atoms with Crippen LogP contribution in [0.15, 0.2) is 84.0 Å². The number of allylic oxidation sites excluding steroid dienone is 1. The molecule has 36 heavy (non-hydrogen) atoms. The number of aliphatic imine (C=N–C) groups is 1. The van der Waals surface area contributed by atoms with Gasteiger partial charge in [0.15, 0.2) is 11.5 Å². The zero-order valence-corrected chi connectivity index (χ0v) is 19.6. The number of pyridine rings is 2. The van der Waals surface area contributed by atoms with Crippen LogP contribution in [0.1, 0.15) is 18.2 Å². The minimum Gasteiger partial charge on any atom is -0.404 e. The second kappa shape index (κ2) is 9.98. The number of rotatable bonds is 7. The molecular weight excluding hydrogens is 469 g/mol. The number of alkyl halides is 3. The van der Waals surface area contributed by atoms with Gasteiger partial charge in [-0.25, -0.2) is 9.98 Å². The van der Waals surface area contributed by atoms with Crippen LogP contribution in [0.4, 0.5) is 24.5 Å². The Kier molecular flexibility index (Phi) is 6.82. The van der Waals surface area contributed by atoms with Gasteiger partial charge in [0.1, 0.15) is 0 Å². The lowest BCUT2D eigenvalue weighted by Gasteiger charge is -2.18. The van der Waals surface area contributed by atoms with Gasteiger partial charge in [0.25, 0.3) is 0 Å². The monoisotopic (exact) mass is 492 g/mol. The Morgan fingerprint density at radius 2 is 2.00 bits per heavy atom. The zero-order valence-electron chi connectivity index (χ0n) is 19.6. The highest BCUT2D eigenvalue weighted by Crippen LogP contribution is 2.32. The minimum atomic E-state index is -4.80. The van der Waals surface area contributed by atoms with Crippen LogP contribution in [0.25, 0.3) is 16.7 Å². The smallest absolute Gasteiger partial charge is 0.404 e. The molecule has 0 unspecified atom stereocenters. The summed E-state index contributed by atoms with van der Waals surface area (Å²) in [6.45, 7) is 7.53. The molecular formula is C25H23F3N8. The molecule has 4 rings (SSSR count). The normalized spacial score (nSPS) is 12.7. The van der Waals surface area contributed by atoms with Crippen molar-refractivity contribution in [3.63, 3.8) is 0 Å². The topological polar surface area (TPSA) is 107 Å². The second-order valence-electron chi connectivity index (χ2n) is 7.83. The predicted octanol–water partition coefficient (Wildman–Crippen LogP) is 5.18. The third-order valence-corrected chi connectivity index (χ3v) is 5.31. The third kappa shape index (κ3) is 5.09. The number of aromatic nitrogens is 5. The van der Waals surface area contributed by atoms with Crippen molar-refractivity contribution < 1.29 is 13.2 Å². The van der Waals surface area contributed by atoms with E-state index in [4.69, 9.17) is 5.73 Å². The highest BCUT2D eigenvalue weighted by Gasteiger charge is 2.39. The van der Waals surface area contributed by atoms with Crippen molar-refractivity contribution in [2.24, 2.45) is 10.7 Å². The molecule has 4 aromatic rings. The van der Waals surface area contributed by atoms with Gasteiger partial charge in [-0.15, -0.1) is 4.80 Å². The molecule has 0 atom stereocenters. The summed E-state index contributed by atoms with van der Waals surface area (Å²) in [5, 5.41) is 11.9. The van der Waals surface area contributed by atoms with Crippen LogP contribution in [0.3, 0.4) is 0 Å². The lowest BCUT2D eigenvalue weighted by atomic mass is 10.1. The first kappa shape index (κ1) is 24.6. The molecule has 11 heteroatoms. The average molecular weight is 493 g/mol. The number of nitrogens with zero attached hydrogens (tertiary/aromatic N) is 6. The highest BCUT2D eigenvalue weighted by molar-refractivity contribution is 6.10. The van der Waals surface area contributed by atoms with Crippen molar-refractivity contribution in [3.05, 3.63) is 90.3 Å². The van der Waals surface area contributed by atoms with Crippen LogP contribution in [-0.2, 0) is 6.42 Å².